The van der Waals surface area contributed by atoms with Gasteiger partial charge in [-0.1, -0.05) is 51.8 Å². The van der Waals surface area contributed by atoms with Gasteiger partial charge in [0.15, 0.2) is 11.5 Å². The van der Waals surface area contributed by atoms with Crippen molar-refractivity contribution in [2.24, 2.45) is 5.92 Å². The van der Waals surface area contributed by atoms with Crippen LogP contribution in [0.15, 0.2) is 42.5 Å². The Labute approximate surface area is 244 Å². The molecule has 3 atom stereocenters. The smallest absolute Gasteiger partial charge is 0.309 e. The lowest BCUT2D eigenvalue weighted by Crippen LogP contribution is -2.40. The number of carboxylic acid groups (broad SMARTS) is 1. The zero-order chi connectivity index (χ0) is 29.4. The van der Waals surface area contributed by atoms with E-state index in [2.05, 4.69) is 11.8 Å². The van der Waals surface area contributed by atoms with E-state index in [-0.39, 0.29) is 18.5 Å². The van der Waals surface area contributed by atoms with E-state index in [9.17, 15) is 18.3 Å². The van der Waals surface area contributed by atoms with Crippen molar-refractivity contribution in [3.05, 3.63) is 53.6 Å². The number of unbranched alkanes of at least 4 members (excludes halogenated alkanes) is 2. The Morgan fingerprint density at radius 1 is 0.976 bits per heavy atom. The molecule has 0 bridgehead atoms. The van der Waals surface area contributed by atoms with Crippen molar-refractivity contribution in [2.75, 3.05) is 45.3 Å². The normalized spacial score (nSPS) is 20.5. The summed E-state index contributed by atoms with van der Waals surface area (Å²) in [5, 5.41) is 10.6. The summed E-state index contributed by atoms with van der Waals surface area (Å²) >= 11 is 0. The van der Waals surface area contributed by atoms with E-state index in [1.807, 2.05) is 56.3 Å². The number of benzene rings is 2. The second-order valence-electron chi connectivity index (χ2n) is 10.9. The Morgan fingerprint density at radius 2 is 1.71 bits per heavy atom. The second-order valence-corrected chi connectivity index (χ2v) is 13.0. The van der Waals surface area contributed by atoms with Gasteiger partial charge in [-0.15, -0.1) is 0 Å². The molecule has 1 saturated heterocycles. The van der Waals surface area contributed by atoms with Crippen molar-refractivity contribution >= 4 is 16.0 Å². The lowest BCUT2D eigenvalue weighted by atomic mass is 9.82. The maximum atomic E-state index is 13.2. The molecule has 2 aromatic carbocycles. The molecule has 0 aliphatic carbocycles. The number of aliphatic carboxylic acids is 1. The zero-order valence-electron chi connectivity index (χ0n) is 24.5. The minimum Gasteiger partial charge on any atom is -0.494 e. The van der Waals surface area contributed by atoms with Crippen LogP contribution in [0, 0.1) is 5.92 Å². The molecule has 226 valence electrons. The molecular weight excluding hydrogens is 544 g/mol. The van der Waals surface area contributed by atoms with Gasteiger partial charge in [-0.3, -0.25) is 9.69 Å². The van der Waals surface area contributed by atoms with Crippen LogP contribution in [0.4, 0.5) is 0 Å². The fraction of sp³-hybridized carbons (Fsp3) is 0.581. The highest BCUT2D eigenvalue weighted by molar-refractivity contribution is 7.89. The number of rotatable bonds is 16. The molecule has 0 spiro atoms. The van der Waals surface area contributed by atoms with Gasteiger partial charge < -0.3 is 19.3 Å². The molecule has 9 nitrogen and oxygen atoms in total. The van der Waals surface area contributed by atoms with Crippen LogP contribution in [0.5, 0.6) is 17.2 Å². The van der Waals surface area contributed by atoms with Gasteiger partial charge in [-0.2, -0.15) is 0 Å². The fourth-order valence-corrected chi connectivity index (χ4v) is 7.51. The number of ether oxygens (including phenoxy) is 3. The Kier molecular flexibility index (Phi) is 10.9. The van der Waals surface area contributed by atoms with Crippen LogP contribution in [0.3, 0.4) is 0 Å². The molecule has 0 saturated carbocycles. The quantitative estimate of drug-likeness (QED) is 0.264. The molecule has 2 heterocycles. The van der Waals surface area contributed by atoms with E-state index in [0.717, 1.165) is 36.1 Å². The number of fused-ring (bicyclic) bond motifs is 1. The number of likely N-dealkylation sites (tertiary alicyclic amines) is 1. The van der Waals surface area contributed by atoms with E-state index in [1.165, 1.54) is 0 Å². The van der Waals surface area contributed by atoms with Crippen LogP contribution in [-0.2, 0) is 14.8 Å². The first-order valence-electron chi connectivity index (χ1n) is 14.9. The van der Waals surface area contributed by atoms with Gasteiger partial charge in [0.25, 0.3) is 0 Å². The van der Waals surface area contributed by atoms with Gasteiger partial charge in [-0.25, -0.2) is 12.7 Å². The van der Waals surface area contributed by atoms with Crippen molar-refractivity contribution in [3.63, 3.8) is 0 Å². The van der Waals surface area contributed by atoms with E-state index < -0.39 is 28.0 Å². The molecule has 0 aromatic heterocycles. The zero-order valence-corrected chi connectivity index (χ0v) is 25.3. The van der Waals surface area contributed by atoms with Gasteiger partial charge in [0.1, 0.15) is 5.75 Å². The summed E-state index contributed by atoms with van der Waals surface area (Å²) in [6.07, 6.45) is 4.09. The third-order valence-corrected chi connectivity index (χ3v) is 9.87. The summed E-state index contributed by atoms with van der Waals surface area (Å²) in [5.74, 6) is 0.212. The van der Waals surface area contributed by atoms with Crippen LogP contribution in [-0.4, -0.2) is 74.0 Å². The average molecular weight is 589 g/mol. The summed E-state index contributed by atoms with van der Waals surface area (Å²) in [6.45, 7) is 8.51. The Bertz CT molecular complexity index is 1250. The third kappa shape index (κ3) is 7.53. The molecule has 1 N–H and O–H groups in total. The molecule has 10 heteroatoms. The summed E-state index contributed by atoms with van der Waals surface area (Å²) in [6, 6.07) is 12.8. The van der Waals surface area contributed by atoms with Crippen molar-refractivity contribution in [1.29, 1.82) is 0 Å². The third-order valence-electron chi connectivity index (χ3n) is 7.91. The van der Waals surface area contributed by atoms with Crippen molar-refractivity contribution in [3.8, 4) is 17.2 Å². The number of sulfonamides is 1. The highest BCUT2D eigenvalue weighted by Gasteiger charge is 2.47. The van der Waals surface area contributed by atoms with Gasteiger partial charge in [0, 0.05) is 38.1 Å². The van der Waals surface area contributed by atoms with E-state index >= 15 is 0 Å². The largest absolute Gasteiger partial charge is 0.494 e. The van der Waals surface area contributed by atoms with Crippen molar-refractivity contribution < 1.29 is 32.5 Å². The molecule has 0 amide bonds. The number of carboxylic acids is 1. The molecule has 1 unspecified atom stereocenters. The van der Waals surface area contributed by atoms with E-state index in [0.29, 0.717) is 57.1 Å². The molecule has 1 fully saturated rings. The minimum absolute atomic E-state index is 0.140. The predicted molar refractivity (Wildman–Crippen MR) is 158 cm³/mol. The average Bonchev–Trinajstić information content (AvgIpc) is 3.59. The second kappa shape index (κ2) is 14.4. The fourth-order valence-electron chi connectivity index (χ4n) is 5.86. The molecule has 2 aliphatic heterocycles. The van der Waals surface area contributed by atoms with Crippen LogP contribution >= 0.6 is 0 Å². The van der Waals surface area contributed by atoms with Crippen LogP contribution in [0.25, 0.3) is 0 Å². The van der Waals surface area contributed by atoms with Crippen LogP contribution in [0.2, 0.25) is 0 Å². The Balaban J connectivity index is 1.64. The summed E-state index contributed by atoms with van der Waals surface area (Å²) in [5.41, 5.74) is 1.74. The highest BCUT2D eigenvalue weighted by atomic mass is 32.2. The first-order chi connectivity index (χ1) is 19.8. The molecule has 41 heavy (non-hydrogen) atoms. The Hall–Kier alpha value is -2.82. The predicted octanol–water partition coefficient (Wildman–Crippen LogP) is 5.28. The monoisotopic (exact) mass is 588 g/mol. The standard InChI is InChI=1S/C31H44N2O7S/c1-4-7-8-19-41(36,37)33(15-5-2)17-16-32-21-26(24-11-14-27-28(20-24)40-22-39-27)29(31(34)35)30(32)23-9-12-25(13-10-23)38-18-6-3/h9-14,20,26,29-30H,4-8,15-19,21-22H2,1-3H3,(H,34,35)/t26?,29-,30+/m0/s1. The number of hydrogen-bond donors (Lipinski definition) is 1. The van der Waals surface area contributed by atoms with Gasteiger partial charge >= 0.3 is 5.97 Å². The maximum Gasteiger partial charge on any atom is 0.309 e. The lowest BCUT2D eigenvalue weighted by Gasteiger charge is -2.30. The molecule has 2 aliphatic rings. The summed E-state index contributed by atoms with van der Waals surface area (Å²) in [4.78, 5) is 15.0. The number of hydrogen-bond acceptors (Lipinski definition) is 7. The molecule has 0 radical (unpaired) electrons. The number of nitrogens with zero attached hydrogens (tertiary/aromatic N) is 2. The van der Waals surface area contributed by atoms with Gasteiger partial charge in [0.2, 0.25) is 16.8 Å². The minimum atomic E-state index is -3.40. The summed E-state index contributed by atoms with van der Waals surface area (Å²) < 4.78 is 44.8. The topological polar surface area (TPSA) is 106 Å². The molecular formula is C31H44N2O7S. The first kappa shape index (κ1) is 31.1. The van der Waals surface area contributed by atoms with Crippen molar-refractivity contribution in [2.45, 2.75) is 64.8 Å². The van der Waals surface area contributed by atoms with Crippen molar-refractivity contribution in [1.82, 2.24) is 9.21 Å². The maximum absolute atomic E-state index is 13.2. The summed E-state index contributed by atoms with van der Waals surface area (Å²) in [7, 11) is -3.40. The Morgan fingerprint density at radius 3 is 2.39 bits per heavy atom. The lowest BCUT2D eigenvalue weighted by molar-refractivity contribution is -0.143. The number of carbonyl (C=O) groups is 1. The first-order valence-corrected chi connectivity index (χ1v) is 16.5. The van der Waals surface area contributed by atoms with Gasteiger partial charge in [0.05, 0.1) is 18.3 Å². The molecule has 2 aromatic rings. The molecule has 4 rings (SSSR count). The van der Waals surface area contributed by atoms with Crippen LogP contribution in [0.1, 0.15) is 76.0 Å². The van der Waals surface area contributed by atoms with Crippen LogP contribution < -0.4 is 14.2 Å². The van der Waals surface area contributed by atoms with Gasteiger partial charge in [-0.05, 0) is 54.7 Å². The highest BCUT2D eigenvalue weighted by Crippen LogP contribution is 2.47. The van der Waals surface area contributed by atoms with E-state index in [4.69, 9.17) is 14.2 Å². The SMILES string of the molecule is CCCCCS(=O)(=O)N(CCC)CCN1CC(c2ccc3c(c2)OCO3)[C@H](C(=O)O)[C@H]1c1ccc(OCCC)cc1. The van der Waals surface area contributed by atoms with E-state index in [1.54, 1.807) is 4.31 Å².